The number of rotatable bonds is 2. The maximum absolute atomic E-state index is 2.50. The SMILES string of the molecule is BC1(C)CC(C)(C(C)C)C1(C)C(C)C. The van der Waals surface area contributed by atoms with Gasteiger partial charge in [0.25, 0.3) is 0 Å². The van der Waals surface area contributed by atoms with Crippen LogP contribution in [0.2, 0.25) is 5.31 Å². The molecule has 0 aromatic heterocycles. The Morgan fingerprint density at radius 3 is 1.50 bits per heavy atom. The molecule has 0 heterocycles. The lowest BCUT2D eigenvalue weighted by molar-refractivity contribution is -0.160. The average Bonchev–Trinajstić information content (AvgIpc) is 2.00. The zero-order chi connectivity index (χ0) is 11.4. The molecular formula is C13H27B. The number of hydrogen-bond donors (Lipinski definition) is 0. The third-order valence-electron chi connectivity index (χ3n) is 5.83. The van der Waals surface area contributed by atoms with E-state index in [0.717, 1.165) is 11.8 Å². The molecule has 0 amide bonds. The first kappa shape index (κ1) is 12.1. The van der Waals surface area contributed by atoms with Crippen LogP contribution >= 0.6 is 0 Å². The minimum atomic E-state index is 0.494. The van der Waals surface area contributed by atoms with Crippen LogP contribution in [-0.4, -0.2) is 7.85 Å². The molecule has 1 aliphatic rings. The summed E-state index contributed by atoms with van der Waals surface area (Å²) in [5.41, 5.74) is 1.03. The van der Waals surface area contributed by atoms with Crippen LogP contribution in [0.25, 0.3) is 0 Å². The van der Waals surface area contributed by atoms with E-state index < -0.39 is 0 Å². The van der Waals surface area contributed by atoms with Crippen molar-refractivity contribution >= 4 is 7.85 Å². The maximum atomic E-state index is 2.50. The van der Waals surface area contributed by atoms with Gasteiger partial charge in [-0.2, -0.15) is 0 Å². The van der Waals surface area contributed by atoms with Gasteiger partial charge in [-0.25, -0.2) is 0 Å². The van der Waals surface area contributed by atoms with Crippen molar-refractivity contribution in [2.24, 2.45) is 22.7 Å². The van der Waals surface area contributed by atoms with Crippen LogP contribution in [0.3, 0.4) is 0 Å². The molecule has 3 unspecified atom stereocenters. The van der Waals surface area contributed by atoms with E-state index in [4.69, 9.17) is 0 Å². The highest BCUT2D eigenvalue weighted by Gasteiger charge is 2.65. The smallest absolute Gasteiger partial charge is 0.0664 e. The molecule has 0 aliphatic heterocycles. The maximum Gasteiger partial charge on any atom is 0.109 e. The third kappa shape index (κ3) is 1.14. The first-order valence-corrected chi connectivity index (χ1v) is 6.09. The number of hydrogen-bond acceptors (Lipinski definition) is 0. The second-order valence-corrected chi connectivity index (χ2v) is 6.99. The Morgan fingerprint density at radius 2 is 1.36 bits per heavy atom. The van der Waals surface area contributed by atoms with E-state index in [0.29, 0.717) is 16.1 Å². The average molecular weight is 194 g/mol. The lowest BCUT2D eigenvalue weighted by Gasteiger charge is -2.72. The molecule has 82 valence electrons. The molecule has 1 aliphatic carbocycles. The summed E-state index contributed by atoms with van der Waals surface area (Å²) >= 11 is 0. The molecule has 1 fully saturated rings. The second-order valence-electron chi connectivity index (χ2n) is 6.99. The van der Waals surface area contributed by atoms with Crippen LogP contribution in [0, 0.1) is 22.7 Å². The summed E-state index contributed by atoms with van der Waals surface area (Å²) in [5.74, 6) is 1.57. The molecule has 0 aromatic carbocycles. The largest absolute Gasteiger partial charge is 0.109 e. The molecule has 3 atom stereocenters. The van der Waals surface area contributed by atoms with E-state index in [1.165, 1.54) is 6.42 Å². The monoisotopic (exact) mass is 194 g/mol. The molecule has 1 rings (SSSR count). The molecular weight excluding hydrogens is 167 g/mol. The molecule has 0 saturated heterocycles. The van der Waals surface area contributed by atoms with Gasteiger partial charge in [-0.3, -0.25) is 0 Å². The van der Waals surface area contributed by atoms with Crippen molar-refractivity contribution in [1.29, 1.82) is 0 Å². The van der Waals surface area contributed by atoms with Crippen molar-refractivity contribution in [1.82, 2.24) is 0 Å². The summed E-state index contributed by atoms with van der Waals surface area (Å²) < 4.78 is 0. The highest BCUT2D eigenvalue weighted by Crippen LogP contribution is 2.75. The summed E-state index contributed by atoms with van der Waals surface area (Å²) in [7, 11) is 2.44. The second kappa shape index (κ2) is 3.03. The van der Waals surface area contributed by atoms with E-state index in [-0.39, 0.29) is 0 Å². The van der Waals surface area contributed by atoms with Crippen LogP contribution in [0.4, 0.5) is 0 Å². The highest BCUT2D eigenvalue weighted by atomic mass is 14.7. The van der Waals surface area contributed by atoms with E-state index in [2.05, 4.69) is 56.3 Å². The molecule has 0 bridgehead atoms. The van der Waals surface area contributed by atoms with Gasteiger partial charge < -0.3 is 0 Å². The van der Waals surface area contributed by atoms with Gasteiger partial charge in [0.15, 0.2) is 0 Å². The topological polar surface area (TPSA) is 0 Å². The molecule has 0 aromatic rings. The Kier molecular flexibility index (Phi) is 2.62. The summed E-state index contributed by atoms with van der Waals surface area (Å²) in [6.45, 7) is 17.0. The Balaban J connectivity index is 3.08. The van der Waals surface area contributed by atoms with Gasteiger partial charge in [-0.15, -0.1) is 0 Å². The Bertz CT molecular complexity index is 229. The summed E-state index contributed by atoms with van der Waals surface area (Å²) in [4.78, 5) is 0. The lowest BCUT2D eigenvalue weighted by Crippen LogP contribution is -2.62. The Labute approximate surface area is 91.3 Å². The standard InChI is InChI=1S/C13H27B/c1-9(2)11(5)8-12(6,14)13(11,7)10(3)4/h9-10H,8,14H2,1-7H3. The van der Waals surface area contributed by atoms with E-state index in [1.54, 1.807) is 0 Å². The van der Waals surface area contributed by atoms with Gasteiger partial charge in [0.05, 0.1) is 0 Å². The molecule has 0 radical (unpaired) electrons. The van der Waals surface area contributed by atoms with E-state index in [1.807, 2.05) is 0 Å². The van der Waals surface area contributed by atoms with E-state index in [9.17, 15) is 0 Å². The minimum absolute atomic E-state index is 0.494. The van der Waals surface area contributed by atoms with Crippen molar-refractivity contribution in [2.75, 3.05) is 0 Å². The predicted molar refractivity (Wildman–Crippen MR) is 67.4 cm³/mol. The van der Waals surface area contributed by atoms with Crippen molar-refractivity contribution in [3.8, 4) is 0 Å². The molecule has 0 nitrogen and oxygen atoms in total. The third-order valence-corrected chi connectivity index (χ3v) is 5.83. The fraction of sp³-hybridized carbons (Fsp3) is 1.00. The summed E-state index contributed by atoms with van der Waals surface area (Å²) in [6.07, 6.45) is 1.38. The van der Waals surface area contributed by atoms with Gasteiger partial charge in [-0.05, 0) is 29.1 Å². The summed E-state index contributed by atoms with van der Waals surface area (Å²) in [5, 5.41) is 0.514. The summed E-state index contributed by atoms with van der Waals surface area (Å²) in [6, 6.07) is 0. The van der Waals surface area contributed by atoms with E-state index >= 15 is 0 Å². The fourth-order valence-corrected chi connectivity index (χ4v) is 4.20. The van der Waals surface area contributed by atoms with Gasteiger partial charge >= 0.3 is 0 Å². The van der Waals surface area contributed by atoms with Crippen molar-refractivity contribution in [3.05, 3.63) is 0 Å². The first-order chi connectivity index (χ1) is 6.09. The molecule has 1 saturated carbocycles. The normalized spacial score (nSPS) is 48.4. The predicted octanol–water partition coefficient (Wildman–Crippen LogP) is 3.53. The van der Waals surface area contributed by atoms with Crippen molar-refractivity contribution < 1.29 is 0 Å². The highest BCUT2D eigenvalue weighted by molar-refractivity contribution is 6.16. The van der Waals surface area contributed by atoms with Crippen LogP contribution in [0.1, 0.15) is 54.9 Å². The van der Waals surface area contributed by atoms with Crippen molar-refractivity contribution in [2.45, 2.75) is 60.2 Å². The van der Waals surface area contributed by atoms with Crippen molar-refractivity contribution in [3.63, 3.8) is 0 Å². The Morgan fingerprint density at radius 1 is 0.929 bits per heavy atom. The molecule has 0 spiro atoms. The molecule has 0 N–H and O–H groups in total. The zero-order valence-corrected chi connectivity index (χ0v) is 11.4. The van der Waals surface area contributed by atoms with Crippen LogP contribution in [0.15, 0.2) is 0 Å². The first-order valence-electron chi connectivity index (χ1n) is 6.09. The van der Waals surface area contributed by atoms with Crippen LogP contribution < -0.4 is 0 Å². The lowest BCUT2D eigenvalue weighted by atomic mass is 9.27. The Hall–Kier alpha value is 0.0649. The van der Waals surface area contributed by atoms with Gasteiger partial charge in [0.2, 0.25) is 0 Å². The molecule has 14 heavy (non-hydrogen) atoms. The van der Waals surface area contributed by atoms with Gasteiger partial charge in [-0.1, -0.05) is 53.8 Å². The quantitative estimate of drug-likeness (QED) is 0.590. The zero-order valence-electron chi connectivity index (χ0n) is 11.4. The molecule has 1 heteroatoms. The van der Waals surface area contributed by atoms with Crippen LogP contribution in [-0.2, 0) is 0 Å². The van der Waals surface area contributed by atoms with Gasteiger partial charge in [0, 0.05) is 0 Å². The van der Waals surface area contributed by atoms with Crippen LogP contribution in [0.5, 0.6) is 0 Å². The van der Waals surface area contributed by atoms with Gasteiger partial charge in [0.1, 0.15) is 7.85 Å². The minimum Gasteiger partial charge on any atom is -0.0664 e. The fourth-order valence-electron chi connectivity index (χ4n) is 4.20.